The summed E-state index contributed by atoms with van der Waals surface area (Å²) >= 11 is 1.41. The lowest BCUT2D eigenvalue weighted by molar-refractivity contribution is 0.103. The molecule has 4 heterocycles. The number of hydrogen-bond acceptors (Lipinski definition) is 7. The van der Waals surface area contributed by atoms with Gasteiger partial charge in [0.1, 0.15) is 5.65 Å². The third-order valence-electron chi connectivity index (χ3n) is 7.67. The van der Waals surface area contributed by atoms with E-state index in [1.165, 1.54) is 22.5 Å². The third kappa shape index (κ3) is 5.04. The van der Waals surface area contributed by atoms with Gasteiger partial charge >= 0.3 is 0 Å². The molecule has 1 aliphatic carbocycles. The van der Waals surface area contributed by atoms with Gasteiger partial charge in [0.05, 0.1) is 22.0 Å². The lowest BCUT2D eigenvalue weighted by atomic mass is 10.1. The molecule has 1 unspecified atom stereocenters. The molecular weight excluding hydrogens is 542 g/mol. The number of fused-ring (bicyclic) bond motifs is 2. The van der Waals surface area contributed by atoms with Crippen molar-refractivity contribution in [3.05, 3.63) is 113 Å². The summed E-state index contributed by atoms with van der Waals surface area (Å²) in [6, 6.07) is 26.3. The van der Waals surface area contributed by atoms with E-state index in [-0.39, 0.29) is 5.91 Å². The van der Waals surface area contributed by atoms with Gasteiger partial charge in [-0.1, -0.05) is 30.3 Å². The molecule has 1 atom stereocenters. The monoisotopic (exact) mass is 571 g/mol. The quantitative estimate of drug-likeness (QED) is 0.226. The second-order valence-corrected chi connectivity index (χ2v) is 11.6. The van der Waals surface area contributed by atoms with Crippen LogP contribution in [0.25, 0.3) is 28.3 Å². The Hall–Kier alpha value is -4.86. The summed E-state index contributed by atoms with van der Waals surface area (Å²) in [7, 11) is 4.28. The van der Waals surface area contributed by atoms with E-state index in [9.17, 15) is 4.79 Å². The lowest BCUT2D eigenvalue weighted by Crippen LogP contribution is -2.27. The molecule has 0 radical (unpaired) electrons. The Morgan fingerprint density at radius 3 is 2.69 bits per heavy atom. The lowest BCUT2D eigenvalue weighted by Gasteiger charge is -2.17. The van der Waals surface area contributed by atoms with Crippen molar-refractivity contribution in [2.24, 2.45) is 0 Å². The van der Waals surface area contributed by atoms with Crippen molar-refractivity contribution >= 4 is 40.2 Å². The Bertz CT molecular complexity index is 1910. The van der Waals surface area contributed by atoms with Gasteiger partial charge in [-0.3, -0.25) is 9.20 Å². The minimum absolute atomic E-state index is 0.132. The zero-order chi connectivity index (χ0) is 28.6. The number of pyridine rings is 1. The van der Waals surface area contributed by atoms with Gasteiger partial charge in [0.15, 0.2) is 0 Å². The fourth-order valence-electron chi connectivity index (χ4n) is 5.50. The second-order valence-electron chi connectivity index (χ2n) is 10.6. The van der Waals surface area contributed by atoms with Crippen molar-refractivity contribution in [1.29, 1.82) is 0 Å². The van der Waals surface area contributed by atoms with E-state index in [4.69, 9.17) is 9.97 Å². The molecule has 4 aromatic heterocycles. The molecule has 6 aromatic rings. The Morgan fingerprint density at radius 2 is 1.83 bits per heavy atom. The topological polar surface area (TPSA) is 87.5 Å². The van der Waals surface area contributed by atoms with Crippen LogP contribution in [0.4, 0.5) is 17.3 Å². The number of thiophene rings is 1. The van der Waals surface area contributed by atoms with Crippen LogP contribution in [-0.4, -0.2) is 50.3 Å². The molecule has 208 valence electrons. The fourth-order valence-corrected chi connectivity index (χ4v) is 6.12. The Labute approximate surface area is 247 Å². The van der Waals surface area contributed by atoms with Crippen LogP contribution < -0.4 is 10.6 Å². The van der Waals surface area contributed by atoms with Crippen molar-refractivity contribution in [2.45, 2.75) is 18.9 Å². The summed E-state index contributed by atoms with van der Waals surface area (Å²) in [5.41, 5.74) is 8.47. The first-order valence-corrected chi connectivity index (χ1v) is 14.7. The number of amides is 1. The first-order valence-electron chi connectivity index (χ1n) is 13.8. The van der Waals surface area contributed by atoms with Crippen LogP contribution in [0.2, 0.25) is 0 Å². The van der Waals surface area contributed by atoms with E-state index in [0.29, 0.717) is 22.6 Å². The van der Waals surface area contributed by atoms with Gasteiger partial charge in [-0.25, -0.2) is 15.0 Å². The Kier molecular flexibility index (Phi) is 6.73. The predicted octanol–water partition coefficient (Wildman–Crippen LogP) is 6.54. The van der Waals surface area contributed by atoms with Crippen LogP contribution in [0.5, 0.6) is 0 Å². The molecule has 42 heavy (non-hydrogen) atoms. The van der Waals surface area contributed by atoms with Crippen molar-refractivity contribution in [3.8, 4) is 22.6 Å². The maximum atomic E-state index is 12.7. The molecule has 7 rings (SSSR count). The van der Waals surface area contributed by atoms with Crippen molar-refractivity contribution in [2.75, 3.05) is 24.7 Å². The fraction of sp³-hybridized carbons (Fsp3) is 0.152. The molecule has 0 bridgehead atoms. The van der Waals surface area contributed by atoms with Crippen LogP contribution >= 0.6 is 11.3 Å². The van der Waals surface area contributed by atoms with Crippen LogP contribution in [0.15, 0.2) is 96.6 Å². The molecule has 9 heteroatoms. The largest absolute Gasteiger partial charge is 0.324 e. The van der Waals surface area contributed by atoms with Crippen LogP contribution in [0.3, 0.4) is 0 Å². The first-order chi connectivity index (χ1) is 20.5. The molecule has 8 nitrogen and oxygen atoms in total. The highest BCUT2D eigenvalue weighted by molar-refractivity contribution is 7.12. The highest BCUT2D eigenvalue weighted by Gasteiger charge is 2.23. The number of anilines is 3. The van der Waals surface area contributed by atoms with Gasteiger partial charge in [-0.15, -0.1) is 11.3 Å². The number of nitrogens with one attached hydrogen (secondary N) is 2. The molecule has 1 aliphatic rings. The standard InChI is InChI=1S/C33H29N7OS/c1-39(2)26-19-21-11-12-25(18-23(21)20-26)36-33-34-14-13-27(37-33)31-30(38-29-10-3-4-15-40(29)31)22-7-5-8-24(17-22)35-32(41)28-9-6-16-42-28/h3-18,26H,19-20H2,1-2H3,(H,35,41)(H,34,36,37). The number of carbonyl (C=O) groups is 1. The highest BCUT2D eigenvalue weighted by Crippen LogP contribution is 2.34. The SMILES string of the molecule is CN(C)C1Cc2ccc(Nc3nccc(-c4c(-c5cccc(NC(=O)c6cccs6)c5)nc5ccccn45)n3)cc2C1. The number of aromatic nitrogens is 4. The van der Waals surface area contributed by atoms with Crippen molar-refractivity contribution in [3.63, 3.8) is 0 Å². The number of carbonyl (C=O) groups excluding carboxylic acids is 1. The molecule has 0 aliphatic heterocycles. The number of imidazole rings is 1. The van der Waals surface area contributed by atoms with Gasteiger partial charge in [0.25, 0.3) is 5.91 Å². The van der Waals surface area contributed by atoms with Crippen molar-refractivity contribution in [1.82, 2.24) is 24.3 Å². The summed E-state index contributed by atoms with van der Waals surface area (Å²) in [6.45, 7) is 0. The van der Waals surface area contributed by atoms with Gasteiger partial charge in [0.2, 0.25) is 5.95 Å². The predicted molar refractivity (Wildman–Crippen MR) is 169 cm³/mol. The average molecular weight is 572 g/mol. The molecular formula is C33H29N7OS. The van der Waals surface area contributed by atoms with Crippen molar-refractivity contribution < 1.29 is 4.79 Å². The van der Waals surface area contributed by atoms with Gasteiger partial charge in [-0.2, -0.15) is 0 Å². The zero-order valence-corrected chi connectivity index (χ0v) is 24.1. The third-order valence-corrected chi connectivity index (χ3v) is 8.54. The molecule has 0 saturated heterocycles. The van der Waals surface area contributed by atoms with E-state index in [2.05, 4.69) is 52.8 Å². The molecule has 1 amide bonds. The van der Waals surface area contributed by atoms with E-state index in [1.54, 1.807) is 6.20 Å². The summed E-state index contributed by atoms with van der Waals surface area (Å²) < 4.78 is 2.04. The van der Waals surface area contributed by atoms with Gasteiger partial charge < -0.3 is 15.5 Å². The highest BCUT2D eigenvalue weighted by atomic mass is 32.1. The number of likely N-dealkylation sites (N-methyl/N-ethyl adjacent to an activating group) is 1. The van der Waals surface area contributed by atoms with Gasteiger partial charge in [-0.05, 0) is 92.0 Å². The molecule has 0 saturated carbocycles. The van der Waals surface area contributed by atoms with E-state index in [0.717, 1.165) is 46.8 Å². The maximum Gasteiger partial charge on any atom is 0.265 e. The van der Waals surface area contributed by atoms with E-state index in [1.807, 2.05) is 76.6 Å². The minimum Gasteiger partial charge on any atom is -0.324 e. The summed E-state index contributed by atoms with van der Waals surface area (Å²) in [4.78, 5) is 30.1. The normalized spacial score (nSPS) is 14.3. The molecule has 0 spiro atoms. The summed E-state index contributed by atoms with van der Waals surface area (Å²) in [5, 5.41) is 8.32. The minimum atomic E-state index is -0.132. The number of benzene rings is 2. The number of nitrogens with zero attached hydrogens (tertiary/aromatic N) is 5. The van der Waals surface area contributed by atoms with E-state index < -0.39 is 0 Å². The van der Waals surface area contributed by atoms with Crippen LogP contribution in [0, 0.1) is 0 Å². The first kappa shape index (κ1) is 26.1. The number of rotatable bonds is 7. The average Bonchev–Trinajstić information content (AvgIpc) is 3.76. The van der Waals surface area contributed by atoms with E-state index >= 15 is 0 Å². The summed E-state index contributed by atoms with van der Waals surface area (Å²) in [5.74, 6) is 0.385. The number of hydrogen-bond donors (Lipinski definition) is 2. The van der Waals surface area contributed by atoms with Crippen LogP contribution in [0.1, 0.15) is 20.8 Å². The molecule has 0 fully saturated rings. The van der Waals surface area contributed by atoms with Gasteiger partial charge in [0, 0.05) is 35.4 Å². The summed E-state index contributed by atoms with van der Waals surface area (Å²) in [6.07, 6.45) is 5.87. The Balaban J connectivity index is 1.22. The molecule has 2 aromatic carbocycles. The van der Waals surface area contributed by atoms with Crippen LogP contribution in [-0.2, 0) is 12.8 Å². The zero-order valence-electron chi connectivity index (χ0n) is 23.3. The smallest absolute Gasteiger partial charge is 0.265 e. The maximum absolute atomic E-state index is 12.7. The second kappa shape index (κ2) is 10.8. The Morgan fingerprint density at radius 1 is 0.929 bits per heavy atom. The molecule has 2 N–H and O–H groups in total.